The fraction of sp³-hybridized carbons (Fsp3) is 0.649. The van der Waals surface area contributed by atoms with E-state index in [9.17, 15) is 24.3 Å². The van der Waals surface area contributed by atoms with Crippen LogP contribution < -0.4 is 10.6 Å². The molecular formula is C37H55N5O8S. The lowest BCUT2D eigenvalue weighted by Gasteiger charge is -2.35. The summed E-state index contributed by atoms with van der Waals surface area (Å²) in [6.45, 7) is 16.1. The summed E-state index contributed by atoms with van der Waals surface area (Å²) >= 11 is 1.57. The molecule has 3 N–H and O–H groups in total. The average Bonchev–Trinajstić information content (AvgIpc) is 3.67. The summed E-state index contributed by atoms with van der Waals surface area (Å²) in [6, 6.07) is 5.74. The number of aliphatic hydroxyl groups is 1. The van der Waals surface area contributed by atoms with Crippen LogP contribution in [0.25, 0.3) is 10.4 Å². The fourth-order valence-corrected chi connectivity index (χ4v) is 7.00. The average molecular weight is 730 g/mol. The number of piperidine rings is 1. The quantitative estimate of drug-likeness (QED) is 0.272. The van der Waals surface area contributed by atoms with Gasteiger partial charge in [-0.2, -0.15) is 0 Å². The van der Waals surface area contributed by atoms with E-state index in [0.717, 1.165) is 21.7 Å². The first-order valence-corrected chi connectivity index (χ1v) is 18.6. The molecular weight excluding hydrogens is 675 g/mol. The number of hydrogen-bond donors (Lipinski definition) is 3. The van der Waals surface area contributed by atoms with Crippen LogP contribution in [0.1, 0.15) is 85.0 Å². The van der Waals surface area contributed by atoms with E-state index in [2.05, 4.69) is 15.6 Å². The van der Waals surface area contributed by atoms with Crippen LogP contribution >= 0.6 is 11.3 Å². The number of amides is 4. The van der Waals surface area contributed by atoms with Crippen molar-refractivity contribution in [3.63, 3.8) is 0 Å². The molecule has 2 aliphatic heterocycles. The third-order valence-corrected chi connectivity index (χ3v) is 9.95. The summed E-state index contributed by atoms with van der Waals surface area (Å²) in [7, 11) is 0. The molecule has 0 saturated carbocycles. The maximum atomic E-state index is 13.9. The van der Waals surface area contributed by atoms with E-state index in [-0.39, 0.29) is 56.9 Å². The molecule has 4 amide bonds. The lowest BCUT2D eigenvalue weighted by atomic mass is 9.85. The SMILES string of the molecule is Cc1ncsc1-c1ccc([C@H](C)NC(=O)[C@@H]2C[C@@H](O)CN2C(=O)C(NC(=O)COCCOC2CCN(C(=O)OC(C)(C)C)CC2)C(C)(C)C)cc1. The summed E-state index contributed by atoms with van der Waals surface area (Å²) in [5.41, 5.74) is 3.50. The Kier molecular flexibility index (Phi) is 13.6. The molecule has 3 heterocycles. The van der Waals surface area contributed by atoms with Crippen molar-refractivity contribution >= 4 is 35.2 Å². The standard InChI is InChI=1S/C37H55N5O8S/c1-23(25-9-11-26(12-10-25)31-24(2)38-22-51-31)39-33(45)29-19-27(43)20-42(29)34(46)32(36(3,4)5)40-30(44)21-48-17-18-49-28-13-15-41(16-14-28)35(47)50-37(6,7)8/h9-12,22-23,27-29,32,43H,13-21H2,1-8H3,(H,39,45)(H,40,44)/t23-,27+,29-,32?/m0/s1. The number of aryl methyl sites for hydroxylation is 1. The van der Waals surface area contributed by atoms with Crippen LogP contribution in [0.3, 0.4) is 0 Å². The van der Waals surface area contributed by atoms with Crippen molar-refractivity contribution in [2.24, 2.45) is 5.41 Å². The minimum absolute atomic E-state index is 0.0127. The van der Waals surface area contributed by atoms with E-state index in [0.29, 0.717) is 25.9 Å². The molecule has 51 heavy (non-hydrogen) atoms. The Morgan fingerprint density at radius 2 is 1.69 bits per heavy atom. The highest BCUT2D eigenvalue weighted by Gasteiger charge is 2.44. The number of aromatic nitrogens is 1. The van der Waals surface area contributed by atoms with Gasteiger partial charge in [-0.1, -0.05) is 45.0 Å². The first-order valence-electron chi connectivity index (χ1n) is 17.7. The highest BCUT2D eigenvalue weighted by Crippen LogP contribution is 2.29. The van der Waals surface area contributed by atoms with Crippen molar-refractivity contribution < 1.29 is 38.5 Å². The molecule has 1 aromatic heterocycles. The minimum Gasteiger partial charge on any atom is -0.444 e. The van der Waals surface area contributed by atoms with Crippen LogP contribution in [-0.2, 0) is 28.6 Å². The monoisotopic (exact) mass is 729 g/mol. The number of β-amino-alcohol motifs (C(OH)–C–C–N with tert-alkyl or cyclic N) is 1. The lowest BCUT2D eigenvalue weighted by Crippen LogP contribution is -2.58. The zero-order valence-electron chi connectivity index (χ0n) is 31.2. The number of rotatable bonds is 12. The Morgan fingerprint density at radius 1 is 1.02 bits per heavy atom. The van der Waals surface area contributed by atoms with Gasteiger partial charge in [-0.05, 0) is 64.0 Å². The van der Waals surface area contributed by atoms with Gasteiger partial charge in [0.2, 0.25) is 17.7 Å². The van der Waals surface area contributed by atoms with Crippen LogP contribution in [0.15, 0.2) is 29.8 Å². The second-order valence-corrected chi connectivity index (χ2v) is 16.3. The van der Waals surface area contributed by atoms with E-state index in [1.807, 2.05) is 85.2 Å². The predicted molar refractivity (Wildman–Crippen MR) is 194 cm³/mol. The molecule has 14 heteroatoms. The largest absolute Gasteiger partial charge is 0.444 e. The molecule has 2 aliphatic rings. The zero-order chi connectivity index (χ0) is 37.5. The molecule has 0 radical (unpaired) electrons. The van der Waals surface area contributed by atoms with E-state index in [1.165, 1.54) is 4.90 Å². The number of hydrogen-bond acceptors (Lipinski definition) is 10. The molecule has 282 valence electrons. The number of likely N-dealkylation sites (tertiary alicyclic amines) is 2. The molecule has 2 fully saturated rings. The van der Waals surface area contributed by atoms with Gasteiger partial charge in [-0.25, -0.2) is 9.78 Å². The lowest BCUT2D eigenvalue weighted by molar-refractivity contribution is -0.144. The Bertz CT molecular complexity index is 1490. The number of carbonyl (C=O) groups is 4. The summed E-state index contributed by atoms with van der Waals surface area (Å²) in [5.74, 6) is -1.28. The molecule has 0 spiro atoms. The van der Waals surface area contributed by atoms with Crippen molar-refractivity contribution in [3.8, 4) is 10.4 Å². The van der Waals surface area contributed by atoms with Crippen LogP contribution in [0.4, 0.5) is 4.79 Å². The second kappa shape index (κ2) is 17.3. The molecule has 4 rings (SSSR count). The van der Waals surface area contributed by atoms with Gasteiger partial charge in [-0.3, -0.25) is 14.4 Å². The third kappa shape index (κ3) is 11.4. The summed E-state index contributed by atoms with van der Waals surface area (Å²) in [4.78, 5) is 61.2. The topological polar surface area (TPSA) is 160 Å². The van der Waals surface area contributed by atoms with Gasteiger partial charge in [-0.15, -0.1) is 11.3 Å². The molecule has 1 aromatic carbocycles. The van der Waals surface area contributed by atoms with E-state index in [4.69, 9.17) is 14.2 Å². The highest BCUT2D eigenvalue weighted by molar-refractivity contribution is 7.13. The number of ether oxygens (including phenoxy) is 3. The van der Waals surface area contributed by atoms with Gasteiger partial charge in [0.15, 0.2) is 0 Å². The number of carbonyl (C=O) groups excluding carboxylic acids is 4. The van der Waals surface area contributed by atoms with Crippen molar-refractivity contribution in [3.05, 3.63) is 41.0 Å². The van der Waals surface area contributed by atoms with Crippen molar-refractivity contribution in [1.82, 2.24) is 25.4 Å². The van der Waals surface area contributed by atoms with Gasteiger partial charge >= 0.3 is 6.09 Å². The molecule has 2 aromatic rings. The predicted octanol–water partition coefficient (Wildman–Crippen LogP) is 4.22. The van der Waals surface area contributed by atoms with Crippen molar-refractivity contribution in [1.29, 1.82) is 0 Å². The number of benzene rings is 1. The number of thiazole rings is 1. The summed E-state index contributed by atoms with van der Waals surface area (Å²) < 4.78 is 16.9. The van der Waals surface area contributed by atoms with Crippen molar-refractivity contribution in [2.45, 2.75) is 111 Å². The number of nitrogens with zero attached hydrogens (tertiary/aromatic N) is 3. The Labute approximate surface area is 305 Å². The van der Waals surface area contributed by atoms with Crippen molar-refractivity contribution in [2.75, 3.05) is 39.5 Å². The van der Waals surface area contributed by atoms with Crippen LogP contribution in [0.2, 0.25) is 0 Å². The maximum Gasteiger partial charge on any atom is 0.410 e. The molecule has 0 aliphatic carbocycles. The normalized spacial score (nSPS) is 19.8. The van der Waals surface area contributed by atoms with Gasteiger partial charge < -0.3 is 39.8 Å². The molecule has 2 saturated heterocycles. The Hall–Kier alpha value is -3.59. The second-order valence-electron chi connectivity index (χ2n) is 15.5. The molecule has 0 bridgehead atoms. The zero-order valence-corrected chi connectivity index (χ0v) is 32.0. The first kappa shape index (κ1) is 40.2. The van der Waals surface area contributed by atoms with Gasteiger partial charge in [0, 0.05) is 26.1 Å². The summed E-state index contributed by atoms with van der Waals surface area (Å²) in [6.07, 6.45) is 0.246. The minimum atomic E-state index is -0.958. The molecule has 1 unspecified atom stereocenters. The molecule has 4 atom stereocenters. The van der Waals surface area contributed by atoms with E-state index < -0.39 is 41.0 Å². The van der Waals surface area contributed by atoms with Gasteiger partial charge in [0.05, 0.1) is 47.5 Å². The fourth-order valence-electron chi connectivity index (χ4n) is 6.19. The Morgan fingerprint density at radius 3 is 2.27 bits per heavy atom. The number of nitrogens with one attached hydrogen (secondary N) is 2. The van der Waals surface area contributed by atoms with Gasteiger partial charge in [0.25, 0.3) is 0 Å². The first-order chi connectivity index (χ1) is 23.9. The van der Waals surface area contributed by atoms with E-state index in [1.54, 1.807) is 16.2 Å². The third-order valence-electron chi connectivity index (χ3n) is 8.97. The number of aliphatic hydroxyl groups excluding tert-OH is 1. The van der Waals surface area contributed by atoms with Crippen LogP contribution in [0, 0.1) is 12.3 Å². The maximum absolute atomic E-state index is 13.9. The van der Waals surface area contributed by atoms with Crippen LogP contribution in [0.5, 0.6) is 0 Å². The Balaban J connectivity index is 1.24. The van der Waals surface area contributed by atoms with Gasteiger partial charge in [0.1, 0.15) is 24.3 Å². The smallest absolute Gasteiger partial charge is 0.410 e. The molecule has 13 nitrogen and oxygen atoms in total. The van der Waals surface area contributed by atoms with E-state index >= 15 is 0 Å². The summed E-state index contributed by atoms with van der Waals surface area (Å²) in [5, 5.41) is 16.4. The highest BCUT2D eigenvalue weighted by atomic mass is 32.1. The van der Waals surface area contributed by atoms with Crippen LogP contribution in [-0.4, -0.2) is 113 Å².